The monoisotopic (exact) mass is 796 g/mol. The average molecular weight is 797 g/mol. The third kappa shape index (κ3) is 5.51. The van der Waals surface area contributed by atoms with Crippen LogP contribution in [0.5, 0.6) is 0 Å². The molecule has 0 spiro atoms. The molecule has 2 aromatic heterocycles. The number of hydrogen-bond donors (Lipinski definition) is 0. The molecule has 296 valence electrons. The lowest BCUT2D eigenvalue weighted by atomic mass is 9.82. The topological polar surface area (TPSA) is 21.3 Å². The Bertz CT molecular complexity index is 3560. The van der Waals surface area contributed by atoms with Crippen molar-refractivity contribution < 1.29 is 4.42 Å². The first-order valence-electron chi connectivity index (χ1n) is 21.6. The van der Waals surface area contributed by atoms with Crippen molar-refractivity contribution in [2.45, 2.75) is 33.1 Å². The van der Waals surface area contributed by atoms with Crippen LogP contribution in [0.3, 0.4) is 0 Å². The van der Waals surface area contributed by atoms with Gasteiger partial charge in [-0.2, -0.15) is 0 Å². The Balaban J connectivity index is 0.964. The Morgan fingerprint density at radius 3 is 1.89 bits per heavy atom. The second-order valence-electron chi connectivity index (χ2n) is 17.5. The summed E-state index contributed by atoms with van der Waals surface area (Å²) in [5.41, 5.74) is 21.2. The van der Waals surface area contributed by atoms with Crippen LogP contribution in [0.1, 0.15) is 36.1 Å². The van der Waals surface area contributed by atoms with Crippen LogP contribution in [0, 0.1) is 13.8 Å². The highest BCUT2D eigenvalue weighted by atomic mass is 16.3. The van der Waals surface area contributed by atoms with Crippen LogP contribution in [0.25, 0.3) is 82.8 Å². The SMILES string of the molecule is Cc1ccc(C)c(-n2c3ccccc3c3cc(-c4ccc(N(c5ccc(-c6cccc7c6oc6ccccc67)cc5)c5ccc6c(c5)C(C)(C)c5ccccc5-6)cc4)ccc32)c1. The van der Waals surface area contributed by atoms with Gasteiger partial charge in [0, 0.05) is 55.3 Å². The van der Waals surface area contributed by atoms with Crippen LogP contribution < -0.4 is 4.90 Å². The Morgan fingerprint density at radius 2 is 1.06 bits per heavy atom. The number of rotatable bonds is 6. The lowest BCUT2D eigenvalue weighted by Crippen LogP contribution is -2.16. The zero-order chi connectivity index (χ0) is 41.7. The van der Waals surface area contributed by atoms with Gasteiger partial charge in [0.15, 0.2) is 0 Å². The molecule has 3 nitrogen and oxygen atoms in total. The van der Waals surface area contributed by atoms with E-state index in [0.717, 1.165) is 50.1 Å². The smallest absolute Gasteiger partial charge is 0.143 e. The molecular formula is C59H44N2O. The lowest BCUT2D eigenvalue weighted by molar-refractivity contribution is 0.660. The molecule has 9 aromatic carbocycles. The lowest BCUT2D eigenvalue weighted by Gasteiger charge is -2.28. The number of aromatic nitrogens is 1. The van der Waals surface area contributed by atoms with Crippen molar-refractivity contribution >= 4 is 60.8 Å². The van der Waals surface area contributed by atoms with E-state index in [2.05, 4.69) is 219 Å². The number of aryl methyl sites for hydroxylation is 2. The Kier molecular flexibility index (Phi) is 8.01. The fraction of sp³-hybridized carbons (Fsp3) is 0.0847. The largest absolute Gasteiger partial charge is 0.455 e. The van der Waals surface area contributed by atoms with Gasteiger partial charge in [0.05, 0.1) is 11.0 Å². The minimum Gasteiger partial charge on any atom is -0.455 e. The van der Waals surface area contributed by atoms with E-state index in [-0.39, 0.29) is 5.41 Å². The third-order valence-corrected chi connectivity index (χ3v) is 13.4. The fourth-order valence-corrected chi connectivity index (χ4v) is 10.2. The molecule has 0 saturated carbocycles. The molecule has 0 unspecified atom stereocenters. The first-order chi connectivity index (χ1) is 30.3. The normalized spacial score (nSPS) is 13.0. The quantitative estimate of drug-likeness (QED) is 0.167. The fourth-order valence-electron chi connectivity index (χ4n) is 10.2. The Labute approximate surface area is 361 Å². The summed E-state index contributed by atoms with van der Waals surface area (Å²) in [7, 11) is 0. The first-order valence-corrected chi connectivity index (χ1v) is 21.6. The highest BCUT2D eigenvalue weighted by molar-refractivity contribution is 6.11. The maximum atomic E-state index is 6.45. The predicted octanol–water partition coefficient (Wildman–Crippen LogP) is 16.4. The third-order valence-electron chi connectivity index (χ3n) is 13.4. The van der Waals surface area contributed by atoms with Crippen molar-refractivity contribution in [3.8, 4) is 39.1 Å². The van der Waals surface area contributed by atoms with Gasteiger partial charge in [0.25, 0.3) is 0 Å². The number of nitrogens with zero attached hydrogens (tertiary/aromatic N) is 2. The second kappa shape index (κ2) is 13.7. The molecule has 2 heterocycles. The van der Waals surface area contributed by atoms with Gasteiger partial charge in [0.1, 0.15) is 11.2 Å². The summed E-state index contributed by atoms with van der Waals surface area (Å²) in [6.45, 7) is 9.08. The maximum absolute atomic E-state index is 6.45. The van der Waals surface area contributed by atoms with E-state index in [1.165, 1.54) is 72.0 Å². The van der Waals surface area contributed by atoms with Crippen LogP contribution in [-0.4, -0.2) is 4.57 Å². The van der Waals surface area contributed by atoms with E-state index in [1.807, 2.05) is 12.1 Å². The number of benzene rings is 9. The van der Waals surface area contributed by atoms with E-state index in [9.17, 15) is 0 Å². The number of anilines is 3. The average Bonchev–Trinajstić information content (AvgIpc) is 3.93. The van der Waals surface area contributed by atoms with Crippen LogP contribution in [0.4, 0.5) is 17.1 Å². The van der Waals surface area contributed by atoms with Gasteiger partial charge in [0.2, 0.25) is 0 Å². The van der Waals surface area contributed by atoms with Gasteiger partial charge in [-0.05, 0) is 131 Å². The maximum Gasteiger partial charge on any atom is 0.143 e. The highest BCUT2D eigenvalue weighted by Gasteiger charge is 2.35. The standard InChI is InChI=1S/C59H44N2O/c1-37-20-21-38(2)56(34-37)61-54-18-9-6-13-48(54)51-35-41(26-33-55(51)61)39-22-27-42(28-23-39)60(44-31-32-47-46-12-5-8-17-52(46)59(3,4)53(47)36-44)43-29-24-40(25-30-43)45-15-11-16-50-49-14-7-10-19-57(49)62-58(45)50/h5-36H,1-4H3. The summed E-state index contributed by atoms with van der Waals surface area (Å²) in [4.78, 5) is 2.40. The minimum absolute atomic E-state index is 0.119. The van der Waals surface area contributed by atoms with Gasteiger partial charge in [-0.1, -0.05) is 141 Å². The van der Waals surface area contributed by atoms with E-state index in [0.29, 0.717) is 0 Å². The molecule has 0 fully saturated rings. The predicted molar refractivity (Wildman–Crippen MR) is 261 cm³/mol. The molecule has 3 heteroatoms. The molecule has 1 aliphatic carbocycles. The van der Waals surface area contributed by atoms with Gasteiger partial charge >= 0.3 is 0 Å². The second-order valence-corrected chi connectivity index (χ2v) is 17.5. The summed E-state index contributed by atoms with van der Waals surface area (Å²) in [6.07, 6.45) is 0. The summed E-state index contributed by atoms with van der Waals surface area (Å²) in [5, 5.41) is 4.79. The summed E-state index contributed by atoms with van der Waals surface area (Å²) in [5.74, 6) is 0. The molecule has 1 aliphatic rings. The van der Waals surface area contributed by atoms with Crippen molar-refractivity contribution in [3.05, 3.63) is 216 Å². The van der Waals surface area contributed by atoms with Crippen LogP contribution >= 0.6 is 0 Å². The van der Waals surface area contributed by atoms with Crippen LogP contribution in [-0.2, 0) is 5.41 Å². The van der Waals surface area contributed by atoms with Gasteiger partial charge in [-0.15, -0.1) is 0 Å². The number of hydrogen-bond acceptors (Lipinski definition) is 2. The van der Waals surface area contributed by atoms with Gasteiger partial charge in [-0.3, -0.25) is 0 Å². The van der Waals surface area contributed by atoms with Crippen LogP contribution in [0.2, 0.25) is 0 Å². The summed E-state index contributed by atoms with van der Waals surface area (Å²) >= 11 is 0. The minimum atomic E-state index is -0.119. The van der Waals surface area contributed by atoms with Crippen molar-refractivity contribution in [2.75, 3.05) is 4.90 Å². The molecule has 0 atom stereocenters. The molecular weight excluding hydrogens is 753 g/mol. The molecule has 11 aromatic rings. The summed E-state index contributed by atoms with van der Waals surface area (Å²) in [6, 6.07) is 71.1. The van der Waals surface area contributed by atoms with Crippen molar-refractivity contribution in [1.29, 1.82) is 0 Å². The molecule has 62 heavy (non-hydrogen) atoms. The van der Waals surface area contributed by atoms with Crippen molar-refractivity contribution in [2.24, 2.45) is 0 Å². The molecule has 0 aliphatic heterocycles. The Morgan fingerprint density at radius 1 is 0.435 bits per heavy atom. The highest BCUT2D eigenvalue weighted by Crippen LogP contribution is 2.51. The van der Waals surface area contributed by atoms with E-state index < -0.39 is 0 Å². The molecule has 0 amide bonds. The van der Waals surface area contributed by atoms with E-state index >= 15 is 0 Å². The van der Waals surface area contributed by atoms with Crippen molar-refractivity contribution in [3.63, 3.8) is 0 Å². The Hall–Kier alpha value is -7.62. The number of furan rings is 1. The zero-order valence-corrected chi connectivity index (χ0v) is 35.3. The number of para-hydroxylation sites is 3. The number of fused-ring (bicyclic) bond motifs is 9. The molecule has 0 radical (unpaired) electrons. The molecule has 0 saturated heterocycles. The van der Waals surface area contributed by atoms with Gasteiger partial charge in [-0.25, -0.2) is 0 Å². The van der Waals surface area contributed by atoms with E-state index in [1.54, 1.807) is 0 Å². The van der Waals surface area contributed by atoms with Gasteiger partial charge < -0.3 is 13.9 Å². The van der Waals surface area contributed by atoms with Crippen LogP contribution in [0.15, 0.2) is 199 Å². The zero-order valence-electron chi connectivity index (χ0n) is 35.3. The van der Waals surface area contributed by atoms with E-state index in [4.69, 9.17) is 4.42 Å². The first kappa shape index (κ1) is 36.2. The molecule has 0 bridgehead atoms. The van der Waals surface area contributed by atoms with Crippen molar-refractivity contribution in [1.82, 2.24) is 4.57 Å². The molecule has 12 rings (SSSR count). The molecule has 0 N–H and O–H groups in total. The summed E-state index contributed by atoms with van der Waals surface area (Å²) < 4.78 is 8.88.